The third kappa shape index (κ3) is 6.39. The highest BCUT2D eigenvalue weighted by atomic mass is 16.6. The molecule has 1 aliphatic rings. The van der Waals surface area contributed by atoms with Crippen LogP contribution in [0, 0.1) is 0 Å². The summed E-state index contributed by atoms with van der Waals surface area (Å²) in [6.07, 6.45) is 2.95. The molecule has 1 aliphatic heterocycles. The van der Waals surface area contributed by atoms with Crippen molar-refractivity contribution in [3.8, 4) is 0 Å². The number of rotatable bonds is 5. The predicted octanol–water partition coefficient (Wildman–Crippen LogP) is 0.591. The Bertz CT molecular complexity index is 533. The fourth-order valence-corrected chi connectivity index (χ4v) is 2.15. The molecule has 0 aromatic heterocycles. The number of likely N-dealkylation sites (tertiary alicyclic amines) is 1. The molecule has 1 atom stereocenters. The lowest BCUT2D eigenvalue weighted by Crippen LogP contribution is -2.45. The van der Waals surface area contributed by atoms with Gasteiger partial charge in [-0.3, -0.25) is 4.79 Å². The summed E-state index contributed by atoms with van der Waals surface area (Å²) < 4.78 is 14.4. The van der Waals surface area contributed by atoms with Crippen LogP contribution in [-0.4, -0.2) is 60.6 Å². The molecule has 8 heteroatoms. The van der Waals surface area contributed by atoms with Crippen molar-refractivity contribution in [1.29, 1.82) is 0 Å². The van der Waals surface area contributed by atoms with Crippen molar-refractivity contribution >= 4 is 23.8 Å². The number of amides is 1. The SMILES string of the molecule is COC(=O)/C=C/C(=O)OCC(=O)N1CCCC1C(=O)OC(C)(C)C. The molecular formula is C16H23NO7. The molecule has 1 amide bonds. The standard InChI is InChI=1S/C16H23NO7/c1-16(2,3)24-15(21)11-6-5-9-17(11)12(18)10-23-14(20)8-7-13(19)22-4/h7-8,11H,5-6,9-10H2,1-4H3/b8-7+. The summed E-state index contributed by atoms with van der Waals surface area (Å²) >= 11 is 0. The second-order valence-electron chi connectivity index (χ2n) is 6.24. The summed E-state index contributed by atoms with van der Waals surface area (Å²) in [4.78, 5) is 47.9. The number of nitrogens with zero attached hydrogens (tertiary/aromatic N) is 1. The van der Waals surface area contributed by atoms with Crippen molar-refractivity contribution < 1.29 is 33.4 Å². The quantitative estimate of drug-likeness (QED) is 0.410. The van der Waals surface area contributed by atoms with Crippen LogP contribution in [0.4, 0.5) is 0 Å². The van der Waals surface area contributed by atoms with Gasteiger partial charge >= 0.3 is 17.9 Å². The second kappa shape index (κ2) is 8.47. The topological polar surface area (TPSA) is 99.2 Å². The first-order chi connectivity index (χ1) is 11.1. The zero-order valence-corrected chi connectivity index (χ0v) is 14.4. The first kappa shape index (κ1) is 19.7. The number of carbonyl (C=O) groups excluding carboxylic acids is 4. The number of carbonyl (C=O) groups is 4. The third-order valence-corrected chi connectivity index (χ3v) is 3.15. The molecule has 1 fully saturated rings. The van der Waals surface area contributed by atoms with Gasteiger partial charge in [-0.2, -0.15) is 0 Å². The van der Waals surface area contributed by atoms with E-state index < -0.39 is 42.1 Å². The molecule has 8 nitrogen and oxygen atoms in total. The van der Waals surface area contributed by atoms with Gasteiger partial charge in [-0.25, -0.2) is 14.4 Å². The second-order valence-corrected chi connectivity index (χ2v) is 6.24. The Balaban J connectivity index is 2.54. The number of esters is 3. The Morgan fingerprint density at radius 3 is 2.33 bits per heavy atom. The molecule has 1 unspecified atom stereocenters. The summed E-state index contributed by atoms with van der Waals surface area (Å²) in [6, 6.07) is -0.666. The number of hydrogen-bond acceptors (Lipinski definition) is 7. The van der Waals surface area contributed by atoms with Gasteiger partial charge in [0.1, 0.15) is 11.6 Å². The monoisotopic (exact) mass is 341 g/mol. The van der Waals surface area contributed by atoms with Crippen LogP contribution in [0.25, 0.3) is 0 Å². The Morgan fingerprint density at radius 2 is 1.75 bits per heavy atom. The maximum Gasteiger partial charge on any atom is 0.331 e. The van der Waals surface area contributed by atoms with Crippen molar-refractivity contribution in [2.45, 2.75) is 45.3 Å². The van der Waals surface area contributed by atoms with Gasteiger partial charge in [-0.05, 0) is 33.6 Å². The van der Waals surface area contributed by atoms with E-state index in [9.17, 15) is 19.2 Å². The fourth-order valence-electron chi connectivity index (χ4n) is 2.15. The molecular weight excluding hydrogens is 318 g/mol. The molecule has 0 radical (unpaired) electrons. The van der Waals surface area contributed by atoms with Gasteiger partial charge < -0.3 is 19.1 Å². The summed E-state index contributed by atoms with van der Waals surface area (Å²) in [7, 11) is 1.17. The molecule has 0 N–H and O–H groups in total. The zero-order valence-electron chi connectivity index (χ0n) is 14.4. The normalized spacial score (nSPS) is 17.7. The van der Waals surface area contributed by atoms with Gasteiger partial charge in [0.25, 0.3) is 5.91 Å². The smallest absolute Gasteiger partial charge is 0.331 e. The summed E-state index contributed by atoms with van der Waals surface area (Å²) in [5.74, 6) is -2.50. The van der Waals surface area contributed by atoms with Crippen LogP contribution < -0.4 is 0 Å². The highest BCUT2D eigenvalue weighted by molar-refractivity contribution is 5.93. The average molecular weight is 341 g/mol. The lowest BCUT2D eigenvalue weighted by Gasteiger charge is -2.27. The van der Waals surface area contributed by atoms with E-state index in [0.717, 1.165) is 12.2 Å². The predicted molar refractivity (Wildman–Crippen MR) is 82.7 cm³/mol. The van der Waals surface area contributed by atoms with Crippen LogP contribution in [-0.2, 0) is 33.4 Å². The molecule has 0 aliphatic carbocycles. The average Bonchev–Trinajstić information content (AvgIpc) is 2.98. The van der Waals surface area contributed by atoms with Crippen molar-refractivity contribution in [2.24, 2.45) is 0 Å². The van der Waals surface area contributed by atoms with E-state index in [1.54, 1.807) is 20.8 Å². The fraction of sp³-hybridized carbons (Fsp3) is 0.625. The lowest BCUT2D eigenvalue weighted by molar-refractivity contribution is -0.164. The van der Waals surface area contributed by atoms with Crippen LogP contribution in [0.5, 0.6) is 0 Å². The van der Waals surface area contributed by atoms with Gasteiger partial charge in [0.2, 0.25) is 0 Å². The molecule has 1 rings (SSSR count). The minimum absolute atomic E-state index is 0.401. The van der Waals surface area contributed by atoms with Crippen LogP contribution >= 0.6 is 0 Å². The Kier molecular flexibility index (Phi) is 6.94. The van der Waals surface area contributed by atoms with Crippen LogP contribution in [0.3, 0.4) is 0 Å². The summed E-state index contributed by atoms with van der Waals surface area (Å²) in [6.45, 7) is 5.15. The lowest BCUT2D eigenvalue weighted by atomic mass is 10.1. The van der Waals surface area contributed by atoms with Gasteiger partial charge in [-0.1, -0.05) is 0 Å². The van der Waals surface area contributed by atoms with Crippen molar-refractivity contribution in [2.75, 3.05) is 20.3 Å². The molecule has 24 heavy (non-hydrogen) atoms. The van der Waals surface area contributed by atoms with E-state index in [4.69, 9.17) is 9.47 Å². The molecule has 0 bridgehead atoms. The van der Waals surface area contributed by atoms with Crippen molar-refractivity contribution in [3.63, 3.8) is 0 Å². The first-order valence-electron chi connectivity index (χ1n) is 7.59. The Hall–Kier alpha value is -2.38. The maximum absolute atomic E-state index is 12.1. The van der Waals surface area contributed by atoms with Crippen LogP contribution in [0.15, 0.2) is 12.2 Å². The van der Waals surface area contributed by atoms with E-state index in [1.165, 1.54) is 12.0 Å². The third-order valence-electron chi connectivity index (χ3n) is 3.15. The molecule has 0 spiro atoms. The maximum atomic E-state index is 12.1. The Labute approximate surface area is 140 Å². The van der Waals surface area contributed by atoms with Gasteiger partial charge in [-0.15, -0.1) is 0 Å². The molecule has 0 aromatic carbocycles. The zero-order chi connectivity index (χ0) is 18.3. The van der Waals surface area contributed by atoms with Crippen molar-refractivity contribution in [3.05, 3.63) is 12.2 Å². The van der Waals surface area contributed by atoms with E-state index in [1.807, 2.05) is 0 Å². The number of ether oxygens (including phenoxy) is 3. The van der Waals surface area contributed by atoms with Crippen molar-refractivity contribution in [1.82, 2.24) is 4.90 Å². The van der Waals surface area contributed by atoms with Gasteiger partial charge in [0.05, 0.1) is 7.11 Å². The molecule has 134 valence electrons. The minimum Gasteiger partial charge on any atom is -0.466 e. The van der Waals surface area contributed by atoms with Crippen LogP contribution in [0.1, 0.15) is 33.6 Å². The van der Waals surface area contributed by atoms with Crippen LogP contribution in [0.2, 0.25) is 0 Å². The molecule has 0 saturated carbocycles. The van der Waals surface area contributed by atoms with E-state index in [2.05, 4.69) is 4.74 Å². The molecule has 1 heterocycles. The van der Waals surface area contributed by atoms with Gasteiger partial charge in [0, 0.05) is 18.7 Å². The molecule has 1 saturated heterocycles. The highest BCUT2D eigenvalue weighted by Gasteiger charge is 2.37. The van der Waals surface area contributed by atoms with E-state index in [-0.39, 0.29) is 0 Å². The van der Waals surface area contributed by atoms with E-state index in [0.29, 0.717) is 19.4 Å². The first-order valence-corrected chi connectivity index (χ1v) is 7.59. The van der Waals surface area contributed by atoms with E-state index >= 15 is 0 Å². The summed E-state index contributed by atoms with van der Waals surface area (Å²) in [5, 5.41) is 0. The highest BCUT2D eigenvalue weighted by Crippen LogP contribution is 2.21. The number of methoxy groups -OCH3 is 1. The molecule has 0 aromatic rings. The largest absolute Gasteiger partial charge is 0.466 e. The summed E-state index contributed by atoms with van der Waals surface area (Å²) in [5.41, 5.74) is -0.639. The Morgan fingerprint density at radius 1 is 1.12 bits per heavy atom. The number of hydrogen-bond donors (Lipinski definition) is 0. The minimum atomic E-state index is -0.846. The van der Waals surface area contributed by atoms with Gasteiger partial charge in [0.15, 0.2) is 6.61 Å².